The minimum Gasteiger partial charge on any atom is -0.378 e. The fourth-order valence-corrected chi connectivity index (χ4v) is 4.27. The van der Waals surface area contributed by atoms with Gasteiger partial charge in [0.1, 0.15) is 0 Å². The normalized spacial score (nSPS) is 11.6. The Morgan fingerprint density at radius 2 is 1.79 bits per heavy atom. The Morgan fingerprint density at radius 1 is 1.07 bits per heavy atom. The summed E-state index contributed by atoms with van der Waals surface area (Å²) in [5.41, 5.74) is 4.16. The van der Waals surface area contributed by atoms with Gasteiger partial charge in [0.25, 0.3) is 0 Å². The molecule has 0 saturated carbocycles. The van der Waals surface area contributed by atoms with Gasteiger partial charge < -0.3 is 9.42 Å². The molecule has 28 heavy (non-hydrogen) atoms. The quantitative estimate of drug-likeness (QED) is 0.655. The molecule has 0 saturated heterocycles. The second-order valence-electron chi connectivity index (χ2n) is 6.89. The monoisotopic (exact) mass is 399 g/mol. The van der Waals surface area contributed by atoms with Gasteiger partial charge in [0.2, 0.25) is 10.0 Å². The van der Waals surface area contributed by atoms with E-state index in [2.05, 4.69) is 9.88 Å². The molecule has 0 aliphatic carbocycles. The highest BCUT2D eigenvalue weighted by Crippen LogP contribution is 2.26. The summed E-state index contributed by atoms with van der Waals surface area (Å²) >= 11 is 0. The Balaban J connectivity index is 1.85. The molecule has 0 radical (unpaired) electrons. The highest BCUT2D eigenvalue weighted by molar-refractivity contribution is 7.89. The summed E-state index contributed by atoms with van der Waals surface area (Å²) in [5, 5.41) is 3.88. The minimum absolute atomic E-state index is 0.227. The standard InChI is InChI=1S/C21H25N3O3S/c1-5-17-8-9-18(20-12-15(2)23-27-20)13-21(17)28(25,26)22-14-16-6-10-19(11-7-16)24(3)4/h6-13,22H,5,14H2,1-4H3. The number of nitrogens with zero attached hydrogens (tertiary/aromatic N) is 2. The van der Waals surface area contributed by atoms with Crippen LogP contribution >= 0.6 is 0 Å². The van der Waals surface area contributed by atoms with Gasteiger partial charge in [-0.3, -0.25) is 0 Å². The SMILES string of the molecule is CCc1ccc(-c2cc(C)no2)cc1S(=O)(=O)NCc1ccc(N(C)C)cc1. The van der Waals surface area contributed by atoms with Crippen LogP contribution in [0, 0.1) is 6.92 Å². The van der Waals surface area contributed by atoms with Crippen LogP contribution in [0.1, 0.15) is 23.7 Å². The molecule has 0 spiro atoms. The first-order valence-corrected chi connectivity index (χ1v) is 10.6. The molecular formula is C21H25N3O3S. The van der Waals surface area contributed by atoms with Gasteiger partial charge in [-0.15, -0.1) is 0 Å². The molecule has 1 heterocycles. The number of aromatic nitrogens is 1. The minimum atomic E-state index is -3.67. The molecule has 7 heteroatoms. The van der Waals surface area contributed by atoms with Crippen molar-refractivity contribution in [3.63, 3.8) is 0 Å². The molecule has 0 unspecified atom stereocenters. The van der Waals surface area contributed by atoms with E-state index in [9.17, 15) is 8.42 Å². The average molecular weight is 400 g/mol. The third-order valence-corrected chi connectivity index (χ3v) is 6.05. The van der Waals surface area contributed by atoms with E-state index >= 15 is 0 Å². The molecule has 148 valence electrons. The van der Waals surface area contributed by atoms with Crippen LogP contribution in [-0.4, -0.2) is 27.7 Å². The molecule has 6 nitrogen and oxygen atoms in total. The average Bonchev–Trinajstić information content (AvgIpc) is 3.12. The highest BCUT2D eigenvalue weighted by Gasteiger charge is 2.19. The lowest BCUT2D eigenvalue weighted by atomic mass is 10.1. The summed E-state index contributed by atoms with van der Waals surface area (Å²) < 4.78 is 34.0. The van der Waals surface area contributed by atoms with Crippen LogP contribution < -0.4 is 9.62 Å². The maximum atomic E-state index is 13.0. The number of aryl methyl sites for hydroxylation is 2. The maximum absolute atomic E-state index is 13.0. The van der Waals surface area contributed by atoms with Gasteiger partial charge in [0, 0.05) is 38.0 Å². The Hall–Kier alpha value is -2.64. The molecule has 0 aliphatic heterocycles. The van der Waals surface area contributed by atoms with Crippen LogP contribution in [0.15, 0.2) is 57.9 Å². The predicted molar refractivity (Wildman–Crippen MR) is 111 cm³/mol. The van der Waals surface area contributed by atoms with E-state index in [1.165, 1.54) is 0 Å². The van der Waals surface area contributed by atoms with Crippen LogP contribution in [-0.2, 0) is 23.0 Å². The first-order chi connectivity index (χ1) is 13.3. The van der Waals surface area contributed by atoms with Crippen molar-refractivity contribution in [2.45, 2.75) is 31.7 Å². The highest BCUT2D eigenvalue weighted by atomic mass is 32.2. The second kappa shape index (κ2) is 8.16. The first-order valence-electron chi connectivity index (χ1n) is 9.12. The van der Waals surface area contributed by atoms with Gasteiger partial charge >= 0.3 is 0 Å². The number of anilines is 1. The van der Waals surface area contributed by atoms with E-state index in [-0.39, 0.29) is 11.4 Å². The van der Waals surface area contributed by atoms with E-state index < -0.39 is 10.0 Å². The molecular weight excluding hydrogens is 374 g/mol. The summed E-state index contributed by atoms with van der Waals surface area (Å²) in [6.07, 6.45) is 0.615. The number of benzene rings is 2. The third kappa shape index (κ3) is 4.43. The summed E-state index contributed by atoms with van der Waals surface area (Å²) in [6, 6.07) is 14.9. The van der Waals surface area contributed by atoms with Crippen molar-refractivity contribution < 1.29 is 12.9 Å². The van der Waals surface area contributed by atoms with Gasteiger partial charge in [-0.1, -0.05) is 36.3 Å². The zero-order valence-electron chi connectivity index (χ0n) is 16.6. The van der Waals surface area contributed by atoms with E-state index in [0.29, 0.717) is 17.7 Å². The van der Waals surface area contributed by atoms with Gasteiger partial charge in [0.15, 0.2) is 5.76 Å². The molecule has 3 rings (SSSR count). The van der Waals surface area contributed by atoms with Crippen LogP contribution in [0.2, 0.25) is 0 Å². The Labute approximate surface area is 166 Å². The Morgan fingerprint density at radius 3 is 2.36 bits per heavy atom. The second-order valence-corrected chi connectivity index (χ2v) is 8.63. The van der Waals surface area contributed by atoms with Gasteiger partial charge in [-0.05, 0) is 42.7 Å². The summed E-state index contributed by atoms with van der Waals surface area (Å²) in [7, 11) is 0.257. The van der Waals surface area contributed by atoms with Gasteiger partial charge in [0.05, 0.1) is 10.6 Å². The van der Waals surface area contributed by atoms with Crippen LogP contribution in [0.3, 0.4) is 0 Å². The number of hydrogen-bond acceptors (Lipinski definition) is 5. The third-order valence-electron chi connectivity index (χ3n) is 4.57. The van der Waals surface area contributed by atoms with Crippen molar-refractivity contribution in [3.05, 3.63) is 65.4 Å². The van der Waals surface area contributed by atoms with Gasteiger partial charge in [-0.2, -0.15) is 0 Å². The molecule has 0 amide bonds. The molecule has 3 aromatic rings. The van der Waals surface area contributed by atoms with Crippen molar-refractivity contribution in [2.24, 2.45) is 0 Å². The van der Waals surface area contributed by atoms with Crippen LogP contribution in [0.4, 0.5) is 5.69 Å². The predicted octanol–water partition coefficient (Wildman–Crippen LogP) is 3.76. The van der Waals surface area contributed by atoms with E-state index in [0.717, 1.165) is 22.5 Å². The number of rotatable bonds is 7. The Bertz CT molecular complexity index is 1050. The number of sulfonamides is 1. The summed E-state index contributed by atoms with van der Waals surface area (Å²) in [4.78, 5) is 2.27. The van der Waals surface area contributed by atoms with Crippen molar-refractivity contribution in [1.82, 2.24) is 9.88 Å². The summed E-state index contributed by atoms with van der Waals surface area (Å²) in [5.74, 6) is 0.552. The summed E-state index contributed by atoms with van der Waals surface area (Å²) in [6.45, 7) is 3.99. The maximum Gasteiger partial charge on any atom is 0.241 e. The van der Waals surface area contributed by atoms with E-state index in [4.69, 9.17) is 4.52 Å². The fourth-order valence-electron chi connectivity index (χ4n) is 2.92. The van der Waals surface area contributed by atoms with Crippen molar-refractivity contribution >= 4 is 15.7 Å². The topological polar surface area (TPSA) is 75.4 Å². The molecule has 2 aromatic carbocycles. The zero-order valence-corrected chi connectivity index (χ0v) is 17.4. The van der Waals surface area contributed by atoms with Gasteiger partial charge in [-0.25, -0.2) is 13.1 Å². The molecule has 0 aliphatic rings. The van der Waals surface area contributed by atoms with E-state index in [1.807, 2.05) is 69.2 Å². The smallest absolute Gasteiger partial charge is 0.241 e. The molecule has 0 atom stereocenters. The lowest BCUT2D eigenvalue weighted by molar-refractivity contribution is 0.427. The molecule has 0 bridgehead atoms. The molecule has 0 fully saturated rings. The first kappa shape index (κ1) is 20.1. The Kier molecular flexibility index (Phi) is 5.86. The lowest BCUT2D eigenvalue weighted by Gasteiger charge is -2.14. The number of hydrogen-bond donors (Lipinski definition) is 1. The fraction of sp³-hybridized carbons (Fsp3) is 0.286. The lowest BCUT2D eigenvalue weighted by Crippen LogP contribution is -2.24. The van der Waals surface area contributed by atoms with Crippen molar-refractivity contribution in [2.75, 3.05) is 19.0 Å². The van der Waals surface area contributed by atoms with Crippen molar-refractivity contribution in [3.8, 4) is 11.3 Å². The number of nitrogens with one attached hydrogen (secondary N) is 1. The zero-order chi connectivity index (χ0) is 20.3. The van der Waals surface area contributed by atoms with Crippen LogP contribution in [0.5, 0.6) is 0 Å². The van der Waals surface area contributed by atoms with E-state index in [1.54, 1.807) is 12.1 Å². The largest absolute Gasteiger partial charge is 0.378 e. The molecule has 1 aromatic heterocycles. The van der Waals surface area contributed by atoms with Crippen LogP contribution in [0.25, 0.3) is 11.3 Å². The molecule has 1 N–H and O–H groups in total. The van der Waals surface area contributed by atoms with Crippen molar-refractivity contribution in [1.29, 1.82) is 0 Å².